The molecule has 2 bridgehead atoms. The molecule has 2 atom stereocenters. The third-order valence-electron chi connectivity index (χ3n) is 5.84. The average molecular weight is 368 g/mol. The fourth-order valence-corrected chi connectivity index (χ4v) is 4.65. The van der Waals surface area contributed by atoms with E-state index >= 15 is 0 Å². The fourth-order valence-electron chi connectivity index (χ4n) is 4.39. The quantitative estimate of drug-likeness (QED) is 0.573. The number of allylic oxidation sites excluding steroid dienone is 1. The summed E-state index contributed by atoms with van der Waals surface area (Å²) in [4.78, 5) is 0. The molecule has 3 nitrogen and oxygen atoms in total. The lowest BCUT2D eigenvalue weighted by Crippen LogP contribution is -2.23. The van der Waals surface area contributed by atoms with Gasteiger partial charge >= 0.3 is 0 Å². The molecule has 5 rings (SSSR count). The molecular formula is C21H19ClFN3. The topological polar surface area (TPSA) is 40.7 Å². The Labute approximate surface area is 156 Å². The summed E-state index contributed by atoms with van der Waals surface area (Å²) in [5, 5.41) is 11.4. The van der Waals surface area contributed by atoms with Crippen molar-refractivity contribution in [2.75, 3.05) is 11.9 Å². The molecule has 1 heterocycles. The maximum atomic E-state index is 14.8. The first kappa shape index (κ1) is 15.9. The van der Waals surface area contributed by atoms with E-state index in [4.69, 9.17) is 11.6 Å². The number of H-pyrrole nitrogens is 1. The van der Waals surface area contributed by atoms with Gasteiger partial charge < -0.3 is 5.32 Å². The lowest BCUT2D eigenvalue weighted by molar-refractivity contribution is 0.430. The highest BCUT2D eigenvalue weighted by molar-refractivity contribution is 6.34. The molecule has 3 aromatic rings. The van der Waals surface area contributed by atoms with E-state index in [1.807, 2.05) is 36.4 Å². The monoisotopic (exact) mass is 367 g/mol. The third kappa shape index (κ3) is 2.43. The number of nitrogens with one attached hydrogen (secondary N) is 2. The lowest BCUT2D eigenvalue weighted by atomic mass is 9.88. The molecule has 1 aromatic heterocycles. The van der Waals surface area contributed by atoms with Gasteiger partial charge in [0, 0.05) is 22.9 Å². The second kappa shape index (κ2) is 5.85. The second-order valence-electron chi connectivity index (χ2n) is 7.49. The molecule has 2 aliphatic carbocycles. The van der Waals surface area contributed by atoms with Crippen LogP contribution in [0.5, 0.6) is 0 Å². The summed E-state index contributed by atoms with van der Waals surface area (Å²) in [6.45, 7) is 0.824. The second-order valence-corrected chi connectivity index (χ2v) is 7.87. The third-order valence-corrected chi connectivity index (χ3v) is 6.21. The molecule has 0 amide bonds. The van der Waals surface area contributed by atoms with Gasteiger partial charge in [-0.1, -0.05) is 54.1 Å². The Morgan fingerprint density at radius 1 is 1.31 bits per heavy atom. The summed E-state index contributed by atoms with van der Waals surface area (Å²) in [5.41, 5.74) is 2.15. The molecule has 1 saturated carbocycles. The van der Waals surface area contributed by atoms with Gasteiger partial charge in [0.1, 0.15) is 5.52 Å². The van der Waals surface area contributed by atoms with Crippen molar-refractivity contribution in [1.29, 1.82) is 0 Å². The number of halogens is 2. The highest BCUT2D eigenvalue weighted by Gasteiger charge is 2.40. The number of hydrogen-bond acceptors (Lipinski definition) is 2. The predicted octanol–water partition coefficient (Wildman–Crippen LogP) is 5.79. The molecule has 2 N–H and O–H groups in total. The van der Waals surface area contributed by atoms with E-state index in [9.17, 15) is 4.39 Å². The van der Waals surface area contributed by atoms with Gasteiger partial charge in [0.2, 0.25) is 0 Å². The van der Waals surface area contributed by atoms with Gasteiger partial charge in [-0.3, -0.25) is 5.10 Å². The Morgan fingerprint density at radius 3 is 2.85 bits per heavy atom. The molecular weight excluding hydrogens is 349 g/mol. The number of aromatic amines is 1. The molecule has 2 aliphatic rings. The van der Waals surface area contributed by atoms with E-state index < -0.39 is 5.82 Å². The van der Waals surface area contributed by atoms with E-state index in [1.165, 1.54) is 19.3 Å². The van der Waals surface area contributed by atoms with Crippen LogP contribution in [0, 0.1) is 17.2 Å². The molecule has 2 aromatic carbocycles. The number of fused-ring (bicyclic) bond motifs is 3. The van der Waals surface area contributed by atoms with Gasteiger partial charge in [0.15, 0.2) is 11.6 Å². The summed E-state index contributed by atoms with van der Waals surface area (Å²) in [6.07, 6.45) is 8.36. The van der Waals surface area contributed by atoms with Gasteiger partial charge in [-0.05, 0) is 36.8 Å². The molecule has 0 saturated heterocycles. The Balaban J connectivity index is 1.53. The lowest BCUT2D eigenvalue weighted by Gasteiger charge is -2.23. The SMILES string of the molecule is Fc1c(Cl)c(-c2ccccc2)cc2c(NCC34C=CC(CC3)C4)n[nH]c12. The Hall–Kier alpha value is -2.33. The van der Waals surface area contributed by atoms with Crippen LogP contribution in [0.2, 0.25) is 5.02 Å². The maximum absolute atomic E-state index is 14.8. The maximum Gasteiger partial charge on any atom is 0.168 e. The van der Waals surface area contributed by atoms with Crippen molar-refractivity contribution in [2.24, 2.45) is 11.3 Å². The molecule has 0 aliphatic heterocycles. The van der Waals surface area contributed by atoms with E-state index in [2.05, 4.69) is 27.7 Å². The van der Waals surface area contributed by atoms with Gasteiger partial charge in [-0.15, -0.1) is 0 Å². The molecule has 26 heavy (non-hydrogen) atoms. The zero-order chi connectivity index (χ0) is 17.7. The Kier molecular flexibility index (Phi) is 3.57. The van der Waals surface area contributed by atoms with Crippen LogP contribution in [0.15, 0.2) is 48.6 Å². The molecule has 1 fully saturated rings. The number of nitrogens with zero attached hydrogens (tertiary/aromatic N) is 1. The van der Waals surface area contributed by atoms with Crippen molar-refractivity contribution in [3.8, 4) is 11.1 Å². The number of hydrogen-bond donors (Lipinski definition) is 2. The summed E-state index contributed by atoms with van der Waals surface area (Å²) in [7, 11) is 0. The minimum atomic E-state index is -0.455. The number of aromatic nitrogens is 2. The zero-order valence-corrected chi connectivity index (χ0v) is 15.0. The normalized spacial score (nSPS) is 23.8. The van der Waals surface area contributed by atoms with Crippen LogP contribution < -0.4 is 5.32 Å². The molecule has 5 heteroatoms. The summed E-state index contributed by atoms with van der Waals surface area (Å²) >= 11 is 6.29. The smallest absolute Gasteiger partial charge is 0.168 e. The summed E-state index contributed by atoms with van der Waals surface area (Å²) in [5.74, 6) is 0.961. The number of rotatable bonds is 4. The summed E-state index contributed by atoms with van der Waals surface area (Å²) < 4.78 is 14.8. The summed E-state index contributed by atoms with van der Waals surface area (Å²) in [6, 6.07) is 11.6. The van der Waals surface area contributed by atoms with Crippen LogP contribution in [0.25, 0.3) is 22.0 Å². The van der Waals surface area contributed by atoms with E-state index in [0.717, 1.165) is 23.4 Å². The van der Waals surface area contributed by atoms with Crippen molar-refractivity contribution in [2.45, 2.75) is 19.3 Å². The Morgan fingerprint density at radius 2 is 2.15 bits per heavy atom. The van der Waals surface area contributed by atoms with Crippen molar-refractivity contribution in [3.05, 3.63) is 59.4 Å². The van der Waals surface area contributed by atoms with Crippen LogP contribution in [-0.4, -0.2) is 16.7 Å². The van der Waals surface area contributed by atoms with Crippen LogP contribution in [0.3, 0.4) is 0 Å². The van der Waals surface area contributed by atoms with E-state index in [-0.39, 0.29) is 10.4 Å². The van der Waals surface area contributed by atoms with Gasteiger partial charge in [-0.2, -0.15) is 5.10 Å². The highest BCUT2D eigenvalue weighted by Crippen LogP contribution is 2.49. The number of anilines is 1. The van der Waals surface area contributed by atoms with Crippen LogP contribution in [-0.2, 0) is 0 Å². The minimum absolute atomic E-state index is 0.120. The van der Waals surface area contributed by atoms with Crippen LogP contribution >= 0.6 is 11.6 Å². The molecule has 132 valence electrons. The van der Waals surface area contributed by atoms with Crippen molar-refractivity contribution in [3.63, 3.8) is 0 Å². The van der Waals surface area contributed by atoms with Crippen molar-refractivity contribution >= 4 is 28.3 Å². The standard InChI is InChI=1S/C21H19ClFN3/c22-17-15(14-4-2-1-3-5-14)10-16-19(18(17)23)25-26-20(16)24-12-21-8-6-13(11-21)7-9-21/h1-6,8,10,13H,7,9,11-12H2,(H2,24,25,26). The first-order valence-corrected chi connectivity index (χ1v) is 9.38. The molecule has 0 radical (unpaired) electrons. The fraction of sp³-hybridized carbons (Fsp3) is 0.286. The highest BCUT2D eigenvalue weighted by atomic mass is 35.5. The van der Waals surface area contributed by atoms with Crippen molar-refractivity contribution in [1.82, 2.24) is 10.2 Å². The largest absolute Gasteiger partial charge is 0.367 e. The van der Waals surface area contributed by atoms with Gasteiger partial charge in [-0.25, -0.2) is 4.39 Å². The van der Waals surface area contributed by atoms with Crippen LogP contribution in [0.1, 0.15) is 19.3 Å². The molecule has 0 spiro atoms. The Bertz CT molecular complexity index is 1010. The minimum Gasteiger partial charge on any atom is -0.367 e. The van der Waals surface area contributed by atoms with E-state index in [1.54, 1.807) is 0 Å². The van der Waals surface area contributed by atoms with E-state index in [0.29, 0.717) is 16.9 Å². The molecule has 2 unspecified atom stereocenters. The predicted molar refractivity (Wildman–Crippen MR) is 104 cm³/mol. The van der Waals surface area contributed by atoms with Crippen molar-refractivity contribution < 1.29 is 4.39 Å². The first-order chi connectivity index (χ1) is 12.7. The van der Waals surface area contributed by atoms with Gasteiger partial charge in [0.25, 0.3) is 0 Å². The average Bonchev–Trinajstić information content (AvgIpc) is 3.38. The number of benzene rings is 2. The zero-order valence-electron chi connectivity index (χ0n) is 14.2. The van der Waals surface area contributed by atoms with Crippen LogP contribution in [0.4, 0.5) is 10.2 Å². The first-order valence-electron chi connectivity index (χ1n) is 9.00. The van der Waals surface area contributed by atoms with Gasteiger partial charge in [0.05, 0.1) is 5.02 Å².